The van der Waals surface area contributed by atoms with E-state index in [0.717, 1.165) is 5.57 Å². The van der Waals surface area contributed by atoms with Crippen LogP contribution in [-0.2, 0) is 23.8 Å². The molecule has 0 fully saturated rings. The van der Waals surface area contributed by atoms with Crippen molar-refractivity contribution in [2.45, 2.75) is 12.5 Å². The maximum absolute atomic E-state index is 12.4. The number of carbonyl (C=O) groups is 2. The van der Waals surface area contributed by atoms with E-state index in [0.29, 0.717) is 5.57 Å². The van der Waals surface area contributed by atoms with Crippen LogP contribution in [0.25, 0.3) is 0 Å². The molecule has 0 aliphatic heterocycles. The van der Waals surface area contributed by atoms with Gasteiger partial charge in [-0.2, -0.15) is 0 Å². The van der Waals surface area contributed by atoms with Gasteiger partial charge in [0.25, 0.3) is 0 Å². The summed E-state index contributed by atoms with van der Waals surface area (Å²) in [6.45, 7) is 2.00. The molecule has 0 saturated carbocycles. The SMILES string of the molecule is COC(=O)C1=C(C(=O)OC)[C@]2(OC)C=CC3=CC=C[C@H]1[C@@]32C. The van der Waals surface area contributed by atoms with Crippen LogP contribution >= 0.6 is 0 Å². The van der Waals surface area contributed by atoms with Gasteiger partial charge < -0.3 is 14.2 Å². The summed E-state index contributed by atoms with van der Waals surface area (Å²) >= 11 is 0. The van der Waals surface area contributed by atoms with Crippen molar-refractivity contribution >= 4 is 11.9 Å². The van der Waals surface area contributed by atoms with Gasteiger partial charge in [-0.05, 0) is 11.6 Å². The van der Waals surface area contributed by atoms with Crippen molar-refractivity contribution in [2.75, 3.05) is 21.3 Å². The zero-order chi connectivity index (χ0) is 16.1. The fraction of sp³-hybridized carbons (Fsp3) is 0.412. The molecule has 5 nitrogen and oxygen atoms in total. The number of hydrogen-bond donors (Lipinski definition) is 0. The van der Waals surface area contributed by atoms with E-state index in [1.165, 1.54) is 21.3 Å². The molecule has 0 radical (unpaired) electrons. The van der Waals surface area contributed by atoms with Crippen molar-refractivity contribution in [2.24, 2.45) is 11.3 Å². The summed E-state index contributed by atoms with van der Waals surface area (Å²) in [5.74, 6) is -1.40. The first-order chi connectivity index (χ1) is 10.5. The lowest BCUT2D eigenvalue weighted by molar-refractivity contribution is -0.141. The van der Waals surface area contributed by atoms with Gasteiger partial charge in [0.05, 0.1) is 25.4 Å². The smallest absolute Gasteiger partial charge is 0.337 e. The third-order valence-electron chi connectivity index (χ3n) is 5.14. The first kappa shape index (κ1) is 14.8. The number of carbonyl (C=O) groups excluding carboxylic acids is 2. The van der Waals surface area contributed by atoms with E-state index in [4.69, 9.17) is 14.2 Å². The molecule has 0 saturated heterocycles. The molecule has 0 bridgehead atoms. The summed E-state index contributed by atoms with van der Waals surface area (Å²) in [7, 11) is 4.14. The van der Waals surface area contributed by atoms with Crippen LogP contribution in [0.1, 0.15) is 6.92 Å². The molecule has 3 atom stereocenters. The van der Waals surface area contributed by atoms with Crippen LogP contribution in [0.15, 0.2) is 47.1 Å². The lowest BCUT2D eigenvalue weighted by Crippen LogP contribution is -2.47. The van der Waals surface area contributed by atoms with Crippen molar-refractivity contribution < 1.29 is 23.8 Å². The van der Waals surface area contributed by atoms with E-state index in [2.05, 4.69) is 0 Å². The van der Waals surface area contributed by atoms with Crippen LogP contribution in [0.4, 0.5) is 0 Å². The maximum Gasteiger partial charge on any atom is 0.337 e. The number of rotatable bonds is 3. The van der Waals surface area contributed by atoms with Gasteiger partial charge in [0.2, 0.25) is 0 Å². The third-order valence-corrected chi connectivity index (χ3v) is 5.14. The molecule has 116 valence electrons. The number of ether oxygens (including phenoxy) is 3. The van der Waals surface area contributed by atoms with Crippen molar-refractivity contribution in [3.05, 3.63) is 47.1 Å². The normalized spacial score (nSPS) is 34.5. The maximum atomic E-state index is 12.4. The summed E-state index contributed by atoms with van der Waals surface area (Å²) < 4.78 is 15.6. The van der Waals surface area contributed by atoms with E-state index >= 15 is 0 Å². The van der Waals surface area contributed by atoms with Crippen molar-refractivity contribution in [3.8, 4) is 0 Å². The molecule has 0 amide bonds. The molecule has 3 aliphatic carbocycles. The number of allylic oxidation sites excluding steroid dienone is 4. The van der Waals surface area contributed by atoms with Gasteiger partial charge in [-0.25, -0.2) is 9.59 Å². The molecule has 0 unspecified atom stereocenters. The molecule has 3 aliphatic rings. The van der Waals surface area contributed by atoms with Crippen LogP contribution in [0.2, 0.25) is 0 Å². The van der Waals surface area contributed by atoms with E-state index in [1.54, 1.807) is 0 Å². The van der Waals surface area contributed by atoms with E-state index in [9.17, 15) is 9.59 Å². The highest BCUT2D eigenvalue weighted by Gasteiger charge is 2.67. The van der Waals surface area contributed by atoms with Crippen LogP contribution in [0.5, 0.6) is 0 Å². The zero-order valence-corrected chi connectivity index (χ0v) is 13.0. The largest absolute Gasteiger partial charge is 0.466 e. The zero-order valence-electron chi connectivity index (χ0n) is 13.0. The van der Waals surface area contributed by atoms with E-state index in [1.807, 2.05) is 37.3 Å². The molecular formula is C17H18O5. The van der Waals surface area contributed by atoms with Crippen molar-refractivity contribution in [3.63, 3.8) is 0 Å². The quantitative estimate of drug-likeness (QED) is 0.743. The average Bonchev–Trinajstić information content (AvgIpc) is 2.97. The minimum atomic E-state index is -1.02. The van der Waals surface area contributed by atoms with Crippen molar-refractivity contribution in [1.82, 2.24) is 0 Å². The Kier molecular flexibility index (Phi) is 3.14. The first-order valence-electron chi connectivity index (χ1n) is 7.02. The number of methoxy groups -OCH3 is 3. The van der Waals surface area contributed by atoms with E-state index in [-0.39, 0.29) is 11.5 Å². The van der Waals surface area contributed by atoms with Gasteiger partial charge in [-0.15, -0.1) is 0 Å². The Morgan fingerprint density at radius 2 is 1.82 bits per heavy atom. The lowest BCUT2D eigenvalue weighted by atomic mass is 9.65. The van der Waals surface area contributed by atoms with Crippen LogP contribution in [0.3, 0.4) is 0 Å². The highest BCUT2D eigenvalue weighted by Crippen LogP contribution is 2.64. The number of esters is 2. The fourth-order valence-electron chi connectivity index (χ4n) is 4.04. The van der Waals surface area contributed by atoms with Gasteiger partial charge in [-0.3, -0.25) is 0 Å². The van der Waals surface area contributed by atoms with Gasteiger partial charge in [0.1, 0.15) is 5.60 Å². The molecule has 0 N–H and O–H groups in total. The van der Waals surface area contributed by atoms with Crippen LogP contribution in [-0.4, -0.2) is 38.9 Å². The lowest BCUT2D eigenvalue weighted by Gasteiger charge is -2.42. The Bertz CT molecular complexity index is 681. The summed E-state index contributed by atoms with van der Waals surface area (Å²) in [6.07, 6.45) is 9.55. The second kappa shape index (κ2) is 4.68. The first-order valence-corrected chi connectivity index (χ1v) is 7.02. The summed E-state index contributed by atoms with van der Waals surface area (Å²) in [5.41, 5.74) is -0.0378. The van der Waals surface area contributed by atoms with E-state index < -0.39 is 23.0 Å². The molecule has 0 spiro atoms. The van der Waals surface area contributed by atoms with Crippen LogP contribution in [0, 0.1) is 11.3 Å². The summed E-state index contributed by atoms with van der Waals surface area (Å²) in [5, 5.41) is 0. The summed E-state index contributed by atoms with van der Waals surface area (Å²) in [4.78, 5) is 24.8. The molecule has 3 rings (SSSR count). The third kappa shape index (κ3) is 1.42. The number of hydrogen-bond acceptors (Lipinski definition) is 5. The predicted octanol–water partition coefficient (Wildman–Crippen LogP) is 1.72. The monoisotopic (exact) mass is 302 g/mol. The molecule has 5 heteroatoms. The van der Waals surface area contributed by atoms with Gasteiger partial charge in [-0.1, -0.05) is 31.2 Å². The predicted molar refractivity (Wildman–Crippen MR) is 78.8 cm³/mol. The van der Waals surface area contributed by atoms with Gasteiger partial charge >= 0.3 is 11.9 Å². The molecule has 0 heterocycles. The Balaban J connectivity index is 2.35. The van der Waals surface area contributed by atoms with Crippen LogP contribution < -0.4 is 0 Å². The average molecular weight is 302 g/mol. The Labute approximate surface area is 128 Å². The minimum Gasteiger partial charge on any atom is -0.466 e. The Morgan fingerprint density at radius 1 is 1.14 bits per heavy atom. The highest BCUT2D eigenvalue weighted by molar-refractivity contribution is 6.05. The summed E-state index contributed by atoms with van der Waals surface area (Å²) in [6, 6.07) is 0. The molecule has 0 aromatic carbocycles. The second-order valence-electron chi connectivity index (χ2n) is 5.73. The second-order valence-corrected chi connectivity index (χ2v) is 5.73. The standard InChI is InChI=1S/C17H18O5/c1-16-10-6-5-7-11(16)12(14(18)20-2)13(15(19)21-3)17(16,22-4)9-8-10/h5-9,11H,1-4H3/t11-,16-,17-/m1/s1. The Hall–Kier alpha value is -2.14. The van der Waals surface area contributed by atoms with Crippen molar-refractivity contribution in [1.29, 1.82) is 0 Å². The van der Waals surface area contributed by atoms with Gasteiger partial charge in [0, 0.05) is 18.4 Å². The minimum absolute atomic E-state index is 0.225. The topological polar surface area (TPSA) is 61.8 Å². The molecule has 0 aromatic rings. The molecular weight excluding hydrogens is 284 g/mol. The fourth-order valence-corrected chi connectivity index (χ4v) is 4.04. The molecule has 0 aromatic heterocycles. The van der Waals surface area contributed by atoms with Gasteiger partial charge in [0.15, 0.2) is 0 Å². The Morgan fingerprint density at radius 3 is 2.41 bits per heavy atom. The molecule has 22 heavy (non-hydrogen) atoms. The highest BCUT2D eigenvalue weighted by atomic mass is 16.5.